The van der Waals surface area contributed by atoms with Crippen molar-refractivity contribution in [3.05, 3.63) is 52.9 Å². The number of benzene rings is 1. The molecule has 2 aromatic heterocycles. The standard InChI is InChI=1S/C22H26F2N6O2/c1-12-26-21(32-29-12)18(22(2,3)4)28-20(31)17-16-11-25-8-5-9-30(16)19(27-17)13-6-7-14(23)15(24)10-13/h6-7,10,18,25H,5,8-9,11H2,1-4H3,(H,28,31). The van der Waals surface area contributed by atoms with Gasteiger partial charge in [-0.05, 0) is 43.5 Å². The Bertz CT molecular complexity index is 1150. The molecule has 0 spiro atoms. The molecule has 0 saturated carbocycles. The number of imidazole rings is 1. The van der Waals surface area contributed by atoms with Gasteiger partial charge in [0.05, 0.1) is 5.69 Å². The minimum atomic E-state index is -0.961. The first-order valence-corrected chi connectivity index (χ1v) is 10.5. The van der Waals surface area contributed by atoms with Gasteiger partial charge in [-0.3, -0.25) is 4.79 Å². The summed E-state index contributed by atoms with van der Waals surface area (Å²) in [4.78, 5) is 22.2. The summed E-state index contributed by atoms with van der Waals surface area (Å²) in [6, 6.07) is 3.09. The maximum Gasteiger partial charge on any atom is 0.272 e. The molecule has 2 N–H and O–H groups in total. The lowest BCUT2D eigenvalue weighted by Crippen LogP contribution is -2.37. The Balaban J connectivity index is 1.74. The van der Waals surface area contributed by atoms with Gasteiger partial charge in [-0.2, -0.15) is 4.98 Å². The number of rotatable bonds is 4. The van der Waals surface area contributed by atoms with Crippen molar-refractivity contribution in [1.82, 2.24) is 30.3 Å². The molecule has 1 aliphatic rings. The maximum atomic E-state index is 13.9. The second-order valence-corrected chi connectivity index (χ2v) is 8.99. The number of hydrogen-bond acceptors (Lipinski definition) is 6. The average molecular weight is 444 g/mol. The number of hydrogen-bond donors (Lipinski definition) is 2. The predicted octanol–water partition coefficient (Wildman–Crippen LogP) is 3.53. The Hall–Kier alpha value is -3.14. The Morgan fingerprint density at radius 3 is 2.69 bits per heavy atom. The summed E-state index contributed by atoms with van der Waals surface area (Å²) >= 11 is 0. The molecule has 1 aliphatic heterocycles. The number of carbonyl (C=O) groups excluding carboxylic acids is 1. The highest BCUT2D eigenvalue weighted by Gasteiger charge is 2.34. The van der Waals surface area contributed by atoms with Crippen molar-refractivity contribution in [3.8, 4) is 11.4 Å². The van der Waals surface area contributed by atoms with Crippen LogP contribution < -0.4 is 10.6 Å². The van der Waals surface area contributed by atoms with E-state index in [1.54, 1.807) is 6.92 Å². The third kappa shape index (κ3) is 4.27. The minimum Gasteiger partial charge on any atom is -0.338 e. The molecule has 3 aromatic rings. The summed E-state index contributed by atoms with van der Waals surface area (Å²) in [5, 5.41) is 10.1. The topological polar surface area (TPSA) is 97.9 Å². The van der Waals surface area contributed by atoms with Crippen molar-refractivity contribution in [3.63, 3.8) is 0 Å². The van der Waals surface area contributed by atoms with Gasteiger partial charge in [-0.25, -0.2) is 13.8 Å². The van der Waals surface area contributed by atoms with Gasteiger partial charge in [-0.1, -0.05) is 25.9 Å². The van der Waals surface area contributed by atoms with E-state index in [0.29, 0.717) is 41.9 Å². The number of fused-ring (bicyclic) bond motifs is 1. The second-order valence-electron chi connectivity index (χ2n) is 8.99. The highest BCUT2D eigenvalue weighted by Crippen LogP contribution is 2.33. The summed E-state index contributed by atoms with van der Waals surface area (Å²) in [6.07, 6.45) is 0.812. The van der Waals surface area contributed by atoms with Crippen LogP contribution in [0.1, 0.15) is 61.1 Å². The van der Waals surface area contributed by atoms with Crippen LogP contribution in [0.25, 0.3) is 11.4 Å². The monoisotopic (exact) mass is 444 g/mol. The zero-order valence-corrected chi connectivity index (χ0v) is 18.5. The maximum absolute atomic E-state index is 13.9. The van der Waals surface area contributed by atoms with Crippen LogP contribution in [0.3, 0.4) is 0 Å². The van der Waals surface area contributed by atoms with Gasteiger partial charge in [0.25, 0.3) is 5.91 Å². The molecule has 10 heteroatoms. The Kier molecular flexibility index (Phi) is 5.81. The molecule has 0 radical (unpaired) electrons. The van der Waals surface area contributed by atoms with Gasteiger partial charge in [0, 0.05) is 18.7 Å². The van der Waals surface area contributed by atoms with Crippen LogP contribution in [0.2, 0.25) is 0 Å². The lowest BCUT2D eigenvalue weighted by Gasteiger charge is -2.28. The Morgan fingerprint density at radius 2 is 2.03 bits per heavy atom. The molecule has 0 fully saturated rings. The van der Waals surface area contributed by atoms with E-state index >= 15 is 0 Å². The van der Waals surface area contributed by atoms with Gasteiger partial charge in [0.1, 0.15) is 11.9 Å². The third-order valence-corrected chi connectivity index (χ3v) is 5.42. The molecule has 32 heavy (non-hydrogen) atoms. The zero-order chi connectivity index (χ0) is 23.0. The molecular formula is C22H26F2N6O2. The molecule has 0 aliphatic carbocycles. The first-order valence-electron chi connectivity index (χ1n) is 10.5. The molecule has 1 amide bonds. The van der Waals surface area contributed by atoms with Crippen molar-refractivity contribution >= 4 is 5.91 Å². The van der Waals surface area contributed by atoms with Crippen LogP contribution in [-0.4, -0.2) is 32.1 Å². The summed E-state index contributed by atoms with van der Waals surface area (Å²) in [6.45, 7) is 9.38. The highest BCUT2D eigenvalue weighted by atomic mass is 19.2. The van der Waals surface area contributed by atoms with E-state index in [2.05, 4.69) is 25.8 Å². The smallest absolute Gasteiger partial charge is 0.272 e. The summed E-state index contributed by atoms with van der Waals surface area (Å²) in [7, 11) is 0. The van der Waals surface area contributed by atoms with Crippen molar-refractivity contribution in [2.24, 2.45) is 5.41 Å². The molecule has 3 heterocycles. The number of aryl methyl sites for hydroxylation is 1. The van der Waals surface area contributed by atoms with E-state index in [9.17, 15) is 13.6 Å². The van der Waals surface area contributed by atoms with E-state index in [4.69, 9.17) is 4.52 Å². The molecule has 1 unspecified atom stereocenters. The van der Waals surface area contributed by atoms with Crippen molar-refractivity contribution < 1.29 is 18.1 Å². The number of amides is 1. The van der Waals surface area contributed by atoms with E-state index < -0.39 is 29.0 Å². The third-order valence-electron chi connectivity index (χ3n) is 5.42. The SMILES string of the molecule is Cc1noc(C(NC(=O)c2nc(-c3ccc(F)c(F)c3)n3c2CNCCC3)C(C)(C)C)n1. The fourth-order valence-corrected chi connectivity index (χ4v) is 3.79. The van der Waals surface area contributed by atoms with Gasteiger partial charge < -0.3 is 19.7 Å². The highest BCUT2D eigenvalue weighted by molar-refractivity contribution is 5.94. The number of halogens is 2. The predicted molar refractivity (Wildman–Crippen MR) is 113 cm³/mol. The zero-order valence-electron chi connectivity index (χ0n) is 18.5. The second kappa shape index (κ2) is 8.42. The van der Waals surface area contributed by atoms with E-state index in [1.165, 1.54) is 6.07 Å². The van der Waals surface area contributed by atoms with E-state index in [1.807, 2.05) is 25.3 Å². The Morgan fingerprint density at radius 1 is 1.25 bits per heavy atom. The average Bonchev–Trinajstić information content (AvgIpc) is 3.22. The molecule has 1 aromatic carbocycles. The van der Waals surface area contributed by atoms with E-state index in [0.717, 1.165) is 25.1 Å². The number of nitrogens with zero attached hydrogens (tertiary/aromatic N) is 4. The Labute approximate surface area is 184 Å². The van der Waals surface area contributed by atoms with E-state index in [-0.39, 0.29) is 5.69 Å². The van der Waals surface area contributed by atoms with Crippen LogP contribution in [-0.2, 0) is 13.1 Å². The molecular weight excluding hydrogens is 418 g/mol. The molecule has 4 rings (SSSR count). The van der Waals surface area contributed by atoms with Crippen LogP contribution in [0.5, 0.6) is 0 Å². The lowest BCUT2D eigenvalue weighted by atomic mass is 9.86. The largest absolute Gasteiger partial charge is 0.338 e. The fraction of sp³-hybridized carbons (Fsp3) is 0.455. The first-order chi connectivity index (χ1) is 15.1. The molecule has 8 nitrogen and oxygen atoms in total. The van der Waals surface area contributed by atoms with Crippen LogP contribution in [0, 0.1) is 24.0 Å². The van der Waals surface area contributed by atoms with Gasteiger partial charge in [0.15, 0.2) is 23.2 Å². The van der Waals surface area contributed by atoms with Crippen molar-refractivity contribution in [2.75, 3.05) is 6.54 Å². The van der Waals surface area contributed by atoms with Gasteiger partial charge >= 0.3 is 0 Å². The quantitative estimate of drug-likeness (QED) is 0.639. The fourth-order valence-electron chi connectivity index (χ4n) is 3.79. The van der Waals surface area contributed by atoms with Gasteiger partial charge in [0.2, 0.25) is 5.89 Å². The van der Waals surface area contributed by atoms with Gasteiger partial charge in [-0.15, -0.1) is 0 Å². The minimum absolute atomic E-state index is 0.227. The number of nitrogens with one attached hydrogen (secondary N) is 2. The van der Waals surface area contributed by atoms with Crippen LogP contribution >= 0.6 is 0 Å². The van der Waals surface area contributed by atoms with Crippen LogP contribution in [0.4, 0.5) is 8.78 Å². The number of aromatic nitrogens is 4. The van der Waals surface area contributed by atoms with Crippen molar-refractivity contribution in [1.29, 1.82) is 0 Å². The first kappa shape index (κ1) is 22.1. The molecule has 1 atom stereocenters. The molecule has 0 bridgehead atoms. The number of carbonyl (C=O) groups is 1. The van der Waals surface area contributed by atoms with Crippen LogP contribution in [0.15, 0.2) is 22.7 Å². The summed E-state index contributed by atoms with van der Waals surface area (Å²) in [5.41, 5.74) is 0.914. The normalized spacial score (nSPS) is 15.2. The lowest BCUT2D eigenvalue weighted by molar-refractivity contribution is 0.0875. The summed E-state index contributed by atoms with van der Waals surface area (Å²) < 4.78 is 34.6. The molecule has 170 valence electrons. The summed E-state index contributed by atoms with van der Waals surface area (Å²) in [5.74, 6) is -1.08. The molecule has 0 saturated heterocycles. The van der Waals surface area contributed by atoms with Crippen molar-refractivity contribution in [2.45, 2.75) is 53.2 Å².